The molecule has 1 aromatic carbocycles. The predicted molar refractivity (Wildman–Crippen MR) is 101 cm³/mol. The first-order valence-corrected chi connectivity index (χ1v) is 10.1. The van der Waals surface area contributed by atoms with Crippen LogP contribution in [0.25, 0.3) is 5.82 Å². The average Bonchev–Trinajstić information content (AvgIpc) is 3.15. The van der Waals surface area contributed by atoms with Crippen LogP contribution in [-0.2, 0) is 10.0 Å². The zero-order valence-electron chi connectivity index (χ0n) is 14.9. The lowest BCUT2D eigenvalue weighted by Crippen LogP contribution is -2.49. The smallest absolute Gasteiger partial charge is 0.243 e. The standard InChI is InChI=1S/C18H20N6O2S/c1-15-19-9-10-24(15)18-8-7-17(20-21-18)22-11-13-23(14-12-22)27(25,26)16-5-3-2-4-6-16/h2-10H,11-14H2,1H3. The van der Waals surface area contributed by atoms with Crippen molar-refractivity contribution in [2.45, 2.75) is 11.8 Å². The molecule has 0 amide bonds. The number of benzene rings is 1. The zero-order valence-corrected chi connectivity index (χ0v) is 15.7. The summed E-state index contributed by atoms with van der Waals surface area (Å²) in [6, 6.07) is 12.3. The van der Waals surface area contributed by atoms with Crippen molar-refractivity contribution in [3.8, 4) is 5.82 Å². The molecule has 0 bridgehead atoms. The summed E-state index contributed by atoms with van der Waals surface area (Å²) in [5, 5.41) is 8.58. The Morgan fingerprint density at radius 2 is 1.56 bits per heavy atom. The number of imidazole rings is 1. The maximum Gasteiger partial charge on any atom is 0.243 e. The summed E-state index contributed by atoms with van der Waals surface area (Å²) in [6.07, 6.45) is 3.56. The second kappa shape index (κ2) is 7.09. The van der Waals surface area contributed by atoms with E-state index in [4.69, 9.17) is 0 Å². The Hall–Kier alpha value is -2.78. The zero-order chi connectivity index (χ0) is 18.9. The van der Waals surface area contributed by atoms with Gasteiger partial charge in [-0.15, -0.1) is 10.2 Å². The van der Waals surface area contributed by atoms with Crippen molar-refractivity contribution < 1.29 is 8.42 Å². The molecule has 0 radical (unpaired) electrons. The van der Waals surface area contributed by atoms with Crippen LogP contribution in [0.15, 0.2) is 59.8 Å². The summed E-state index contributed by atoms with van der Waals surface area (Å²) in [6.45, 7) is 3.89. The Kier molecular flexibility index (Phi) is 4.63. The molecule has 0 atom stereocenters. The molecular formula is C18H20N6O2S. The maximum atomic E-state index is 12.7. The summed E-state index contributed by atoms with van der Waals surface area (Å²) in [5.74, 6) is 2.30. The van der Waals surface area contributed by atoms with Crippen LogP contribution in [0.4, 0.5) is 5.82 Å². The van der Waals surface area contributed by atoms with Gasteiger partial charge in [0, 0.05) is 38.6 Å². The highest BCUT2D eigenvalue weighted by Gasteiger charge is 2.28. The van der Waals surface area contributed by atoms with E-state index in [2.05, 4.69) is 20.1 Å². The predicted octanol–water partition coefficient (Wildman–Crippen LogP) is 1.48. The van der Waals surface area contributed by atoms with Crippen LogP contribution in [0.3, 0.4) is 0 Å². The highest BCUT2D eigenvalue weighted by Crippen LogP contribution is 2.20. The van der Waals surface area contributed by atoms with Gasteiger partial charge in [0.05, 0.1) is 4.90 Å². The molecule has 140 valence electrons. The van der Waals surface area contributed by atoms with Crippen LogP contribution in [-0.4, -0.2) is 58.7 Å². The van der Waals surface area contributed by atoms with E-state index in [1.54, 1.807) is 30.5 Å². The fourth-order valence-corrected chi connectivity index (χ4v) is 4.58. The van der Waals surface area contributed by atoms with Gasteiger partial charge in [-0.25, -0.2) is 13.4 Å². The Morgan fingerprint density at radius 3 is 2.15 bits per heavy atom. The van der Waals surface area contributed by atoms with Crippen molar-refractivity contribution in [3.63, 3.8) is 0 Å². The van der Waals surface area contributed by atoms with Crippen molar-refractivity contribution in [2.75, 3.05) is 31.1 Å². The number of rotatable bonds is 4. The van der Waals surface area contributed by atoms with E-state index in [0.29, 0.717) is 36.9 Å². The number of piperazine rings is 1. The van der Waals surface area contributed by atoms with Crippen LogP contribution < -0.4 is 4.90 Å². The van der Waals surface area contributed by atoms with Crippen molar-refractivity contribution >= 4 is 15.8 Å². The largest absolute Gasteiger partial charge is 0.352 e. The van der Waals surface area contributed by atoms with Gasteiger partial charge in [-0.05, 0) is 31.2 Å². The quantitative estimate of drug-likeness (QED) is 0.677. The van der Waals surface area contributed by atoms with E-state index < -0.39 is 10.0 Å². The first-order chi connectivity index (χ1) is 13.1. The first kappa shape index (κ1) is 17.6. The number of nitrogens with zero attached hydrogens (tertiary/aromatic N) is 6. The SMILES string of the molecule is Cc1nccn1-c1ccc(N2CCN(S(=O)(=O)c3ccccc3)CC2)nn1. The van der Waals surface area contributed by atoms with Gasteiger partial charge >= 0.3 is 0 Å². The molecule has 4 rings (SSSR count). The second-order valence-electron chi connectivity index (χ2n) is 6.30. The fraction of sp³-hybridized carbons (Fsp3) is 0.278. The average molecular weight is 384 g/mol. The van der Waals surface area contributed by atoms with Gasteiger partial charge in [0.2, 0.25) is 10.0 Å². The Balaban J connectivity index is 1.44. The third-order valence-corrected chi connectivity index (χ3v) is 6.57. The monoisotopic (exact) mass is 384 g/mol. The van der Waals surface area contributed by atoms with Gasteiger partial charge in [-0.3, -0.25) is 4.57 Å². The van der Waals surface area contributed by atoms with Gasteiger partial charge in [0.25, 0.3) is 0 Å². The highest BCUT2D eigenvalue weighted by atomic mass is 32.2. The molecule has 0 spiro atoms. The molecule has 1 saturated heterocycles. The topological polar surface area (TPSA) is 84.2 Å². The molecule has 3 heterocycles. The Bertz CT molecular complexity index is 1010. The summed E-state index contributed by atoms with van der Waals surface area (Å²) in [7, 11) is -3.45. The fourth-order valence-electron chi connectivity index (χ4n) is 3.13. The maximum absolute atomic E-state index is 12.7. The van der Waals surface area contributed by atoms with E-state index >= 15 is 0 Å². The number of hydrogen-bond donors (Lipinski definition) is 0. The number of aromatic nitrogens is 4. The van der Waals surface area contributed by atoms with Crippen LogP contribution in [0.5, 0.6) is 0 Å². The molecule has 9 heteroatoms. The van der Waals surface area contributed by atoms with Crippen LogP contribution >= 0.6 is 0 Å². The molecular weight excluding hydrogens is 364 g/mol. The Labute approximate surface area is 158 Å². The molecule has 8 nitrogen and oxygen atoms in total. The summed E-state index contributed by atoms with van der Waals surface area (Å²) in [5.41, 5.74) is 0. The highest BCUT2D eigenvalue weighted by molar-refractivity contribution is 7.89. The summed E-state index contributed by atoms with van der Waals surface area (Å²) >= 11 is 0. The lowest BCUT2D eigenvalue weighted by Gasteiger charge is -2.34. The van der Waals surface area contributed by atoms with Crippen LogP contribution in [0.2, 0.25) is 0 Å². The number of anilines is 1. The molecule has 1 fully saturated rings. The summed E-state index contributed by atoms with van der Waals surface area (Å²) < 4.78 is 28.8. The minimum Gasteiger partial charge on any atom is -0.352 e. The second-order valence-corrected chi connectivity index (χ2v) is 8.24. The molecule has 1 aliphatic heterocycles. The number of aryl methyl sites for hydroxylation is 1. The van der Waals surface area contributed by atoms with Gasteiger partial charge in [0.15, 0.2) is 11.6 Å². The molecule has 0 aliphatic carbocycles. The normalized spacial score (nSPS) is 15.8. The minimum atomic E-state index is -3.45. The molecule has 0 N–H and O–H groups in total. The van der Waals surface area contributed by atoms with E-state index in [9.17, 15) is 8.42 Å². The number of hydrogen-bond acceptors (Lipinski definition) is 6. The molecule has 0 saturated carbocycles. The van der Waals surface area contributed by atoms with Crippen LogP contribution in [0.1, 0.15) is 5.82 Å². The van der Waals surface area contributed by atoms with E-state index in [0.717, 1.165) is 11.6 Å². The minimum absolute atomic E-state index is 0.332. The lowest BCUT2D eigenvalue weighted by molar-refractivity contribution is 0.383. The first-order valence-electron chi connectivity index (χ1n) is 8.70. The van der Waals surface area contributed by atoms with E-state index in [1.165, 1.54) is 4.31 Å². The van der Waals surface area contributed by atoms with E-state index in [-0.39, 0.29) is 0 Å². The number of sulfonamides is 1. The lowest BCUT2D eigenvalue weighted by atomic mass is 10.3. The third-order valence-electron chi connectivity index (χ3n) is 4.65. The van der Waals surface area contributed by atoms with Crippen LogP contribution in [0, 0.1) is 6.92 Å². The van der Waals surface area contributed by atoms with Crippen molar-refractivity contribution in [3.05, 3.63) is 60.7 Å². The summed E-state index contributed by atoms with van der Waals surface area (Å²) in [4.78, 5) is 6.57. The van der Waals surface area contributed by atoms with Gasteiger partial charge < -0.3 is 4.90 Å². The van der Waals surface area contributed by atoms with E-state index in [1.807, 2.05) is 35.9 Å². The Morgan fingerprint density at radius 1 is 0.889 bits per heavy atom. The molecule has 0 unspecified atom stereocenters. The van der Waals surface area contributed by atoms with Crippen molar-refractivity contribution in [2.24, 2.45) is 0 Å². The van der Waals surface area contributed by atoms with Crippen molar-refractivity contribution in [1.29, 1.82) is 0 Å². The van der Waals surface area contributed by atoms with Gasteiger partial charge in [0.1, 0.15) is 5.82 Å². The molecule has 27 heavy (non-hydrogen) atoms. The molecule has 1 aliphatic rings. The third kappa shape index (κ3) is 3.43. The van der Waals surface area contributed by atoms with Gasteiger partial charge in [-0.1, -0.05) is 18.2 Å². The molecule has 2 aromatic heterocycles. The van der Waals surface area contributed by atoms with Gasteiger partial charge in [-0.2, -0.15) is 4.31 Å². The molecule has 3 aromatic rings. The van der Waals surface area contributed by atoms with Crippen molar-refractivity contribution in [1.82, 2.24) is 24.1 Å².